The van der Waals surface area contributed by atoms with E-state index in [4.69, 9.17) is 16.3 Å². The number of ether oxygens (including phenoxy) is 1. The van der Waals surface area contributed by atoms with Crippen LogP contribution in [0.1, 0.15) is 24.8 Å². The first-order valence-corrected chi connectivity index (χ1v) is 6.88. The molecular formula is C14H14ClNO4. The molecule has 2 N–H and O–H groups in total. The first-order valence-electron chi connectivity index (χ1n) is 6.51. The van der Waals surface area contributed by atoms with E-state index in [-0.39, 0.29) is 5.91 Å². The number of carboxylic acids is 1. The van der Waals surface area contributed by atoms with Gasteiger partial charge in [-0.2, -0.15) is 0 Å². The normalized spacial score (nSPS) is 22.4. The van der Waals surface area contributed by atoms with E-state index in [0.717, 1.165) is 12.0 Å². The maximum atomic E-state index is 12.2. The molecule has 20 heavy (non-hydrogen) atoms. The summed E-state index contributed by atoms with van der Waals surface area (Å²) in [7, 11) is 0. The van der Waals surface area contributed by atoms with Crippen molar-refractivity contribution in [3.8, 4) is 5.75 Å². The maximum Gasteiger partial charge on any atom is 0.329 e. The van der Waals surface area contributed by atoms with Crippen LogP contribution in [-0.4, -0.2) is 28.6 Å². The summed E-state index contributed by atoms with van der Waals surface area (Å²) in [6.45, 7) is 0. The highest BCUT2D eigenvalue weighted by molar-refractivity contribution is 6.30. The van der Waals surface area contributed by atoms with Crippen LogP contribution in [0.4, 0.5) is 0 Å². The molecule has 106 valence electrons. The number of aliphatic carboxylic acids is 1. The van der Waals surface area contributed by atoms with Crippen molar-refractivity contribution in [1.29, 1.82) is 0 Å². The van der Waals surface area contributed by atoms with Gasteiger partial charge in [0.05, 0.1) is 0 Å². The molecule has 1 aliphatic heterocycles. The lowest BCUT2D eigenvalue weighted by Gasteiger charge is -2.38. The van der Waals surface area contributed by atoms with Gasteiger partial charge in [-0.1, -0.05) is 11.6 Å². The van der Waals surface area contributed by atoms with Crippen molar-refractivity contribution in [3.63, 3.8) is 0 Å². The van der Waals surface area contributed by atoms with E-state index in [0.29, 0.717) is 30.0 Å². The van der Waals surface area contributed by atoms with Gasteiger partial charge in [-0.05, 0) is 43.0 Å². The Labute approximate surface area is 120 Å². The van der Waals surface area contributed by atoms with Crippen molar-refractivity contribution < 1.29 is 19.4 Å². The molecule has 1 aromatic carbocycles. The molecular weight excluding hydrogens is 282 g/mol. The molecule has 1 atom stereocenters. The number of benzene rings is 1. The molecule has 0 spiro atoms. The van der Waals surface area contributed by atoms with Crippen LogP contribution >= 0.6 is 11.6 Å². The summed E-state index contributed by atoms with van der Waals surface area (Å²) in [6.07, 6.45) is 1.49. The van der Waals surface area contributed by atoms with Gasteiger partial charge in [0.25, 0.3) is 5.91 Å². The van der Waals surface area contributed by atoms with Gasteiger partial charge in [-0.3, -0.25) is 4.79 Å². The SMILES string of the molecule is O=C(NC1(C(=O)O)CCC1)C1Cc2cc(Cl)ccc2O1. The lowest BCUT2D eigenvalue weighted by atomic mass is 9.76. The third-order valence-electron chi connectivity index (χ3n) is 3.97. The highest BCUT2D eigenvalue weighted by Gasteiger charge is 2.47. The molecule has 1 fully saturated rings. The molecule has 0 saturated heterocycles. The third kappa shape index (κ3) is 2.12. The molecule has 3 rings (SSSR count). The Hall–Kier alpha value is -1.75. The van der Waals surface area contributed by atoms with Gasteiger partial charge in [-0.15, -0.1) is 0 Å². The predicted molar refractivity (Wildman–Crippen MR) is 71.9 cm³/mol. The molecule has 1 heterocycles. The van der Waals surface area contributed by atoms with E-state index in [2.05, 4.69) is 5.32 Å². The van der Waals surface area contributed by atoms with E-state index in [9.17, 15) is 14.7 Å². The van der Waals surface area contributed by atoms with Gasteiger partial charge >= 0.3 is 5.97 Å². The number of fused-ring (bicyclic) bond motifs is 1. The summed E-state index contributed by atoms with van der Waals surface area (Å²) in [6, 6.07) is 5.19. The van der Waals surface area contributed by atoms with E-state index in [1.807, 2.05) is 0 Å². The molecule has 5 nitrogen and oxygen atoms in total. The van der Waals surface area contributed by atoms with E-state index in [1.54, 1.807) is 18.2 Å². The van der Waals surface area contributed by atoms with Crippen molar-refractivity contribution in [2.45, 2.75) is 37.3 Å². The lowest BCUT2D eigenvalue weighted by molar-refractivity contribution is -0.152. The highest BCUT2D eigenvalue weighted by Crippen LogP contribution is 2.34. The fourth-order valence-corrected chi connectivity index (χ4v) is 2.80. The molecule has 6 heteroatoms. The number of nitrogens with one attached hydrogen (secondary N) is 1. The van der Waals surface area contributed by atoms with E-state index < -0.39 is 17.6 Å². The Morgan fingerprint density at radius 1 is 1.40 bits per heavy atom. The largest absolute Gasteiger partial charge is 0.480 e. The van der Waals surface area contributed by atoms with Gasteiger partial charge in [0.2, 0.25) is 0 Å². The zero-order valence-electron chi connectivity index (χ0n) is 10.7. The van der Waals surface area contributed by atoms with Crippen LogP contribution in [0.2, 0.25) is 5.02 Å². The average molecular weight is 296 g/mol. The van der Waals surface area contributed by atoms with Crippen LogP contribution < -0.4 is 10.1 Å². The van der Waals surface area contributed by atoms with Gasteiger partial charge in [0.15, 0.2) is 6.10 Å². The average Bonchev–Trinajstić information content (AvgIpc) is 2.75. The summed E-state index contributed by atoms with van der Waals surface area (Å²) in [5.41, 5.74) is -0.233. The second kappa shape index (κ2) is 4.66. The molecule has 1 unspecified atom stereocenters. The number of rotatable bonds is 3. The zero-order valence-corrected chi connectivity index (χ0v) is 11.4. The fourth-order valence-electron chi connectivity index (χ4n) is 2.60. The standard InChI is InChI=1S/C14H14ClNO4/c15-9-2-3-10-8(6-9)7-11(20-10)12(17)16-14(13(18)19)4-1-5-14/h2-3,6,11H,1,4-5,7H2,(H,16,17)(H,18,19). The zero-order chi connectivity index (χ0) is 14.3. The Bertz CT molecular complexity index is 583. The first kappa shape index (κ1) is 13.2. The topological polar surface area (TPSA) is 75.6 Å². The summed E-state index contributed by atoms with van der Waals surface area (Å²) in [5, 5.41) is 12.4. The summed E-state index contributed by atoms with van der Waals surface area (Å²) in [4.78, 5) is 23.4. The van der Waals surface area contributed by atoms with Crippen LogP contribution in [0.3, 0.4) is 0 Å². The van der Waals surface area contributed by atoms with Crippen LogP contribution in [0, 0.1) is 0 Å². The van der Waals surface area contributed by atoms with Crippen molar-refractivity contribution in [2.24, 2.45) is 0 Å². The number of hydrogen-bond acceptors (Lipinski definition) is 3. The Morgan fingerprint density at radius 2 is 2.15 bits per heavy atom. The van der Waals surface area contributed by atoms with Crippen LogP contribution in [0.15, 0.2) is 18.2 Å². The molecule has 1 amide bonds. The summed E-state index contributed by atoms with van der Waals surface area (Å²) in [5.74, 6) is -0.720. The van der Waals surface area contributed by atoms with Gasteiger partial charge < -0.3 is 15.2 Å². The minimum Gasteiger partial charge on any atom is -0.480 e. The van der Waals surface area contributed by atoms with Crippen molar-refractivity contribution in [1.82, 2.24) is 5.32 Å². The monoisotopic (exact) mass is 295 g/mol. The first-order chi connectivity index (χ1) is 9.50. The van der Waals surface area contributed by atoms with Gasteiger partial charge in [0, 0.05) is 11.4 Å². The van der Waals surface area contributed by atoms with Gasteiger partial charge in [-0.25, -0.2) is 4.79 Å². The van der Waals surface area contributed by atoms with Crippen molar-refractivity contribution in [3.05, 3.63) is 28.8 Å². The highest BCUT2D eigenvalue weighted by atomic mass is 35.5. The van der Waals surface area contributed by atoms with E-state index in [1.165, 1.54) is 0 Å². The minimum atomic E-state index is -1.10. The summed E-state index contributed by atoms with van der Waals surface area (Å²) >= 11 is 5.90. The molecule has 0 radical (unpaired) electrons. The fraction of sp³-hybridized carbons (Fsp3) is 0.429. The van der Waals surface area contributed by atoms with E-state index >= 15 is 0 Å². The third-order valence-corrected chi connectivity index (χ3v) is 4.20. The second-order valence-electron chi connectivity index (χ2n) is 5.29. The lowest BCUT2D eigenvalue weighted by Crippen LogP contribution is -2.61. The van der Waals surface area contributed by atoms with Crippen LogP contribution in [0.25, 0.3) is 0 Å². The van der Waals surface area contributed by atoms with Crippen molar-refractivity contribution in [2.75, 3.05) is 0 Å². The molecule has 1 aromatic rings. The number of carbonyl (C=O) groups is 2. The quantitative estimate of drug-likeness (QED) is 0.891. The number of amides is 1. The molecule has 1 saturated carbocycles. The number of hydrogen-bond donors (Lipinski definition) is 2. The molecule has 2 aliphatic rings. The van der Waals surface area contributed by atoms with Crippen LogP contribution in [0.5, 0.6) is 5.75 Å². The predicted octanol–water partition coefficient (Wildman–Crippen LogP) is 1.77. The minimum absolute atomic E-state index is 0.376. The Kier molecular flexibility index (Phi) is 3.09. The summed E-state index contributed by atoms with van der Waals surface area (Å²) < 4.78 is 5.55. The van der Waals surface area contributed by atoms with Crippen LogP contribution in [-0.2, 0) is 16.0 Å². The molecule has 0 bridgehead atoms. The number of carbonyl (C=O) groups excluding carboxylic acids is 1. The smallest absolute Gasteiger partial charge is 0.329 e. The number of halogens is 1. The maximum absolute atomic E-state index is 12.2. The van der Waals surface area contributed by atoms with Crippen molar-refractivity contribution >= 4 is 23.5 Å². The Balaban J connectivity index is 1.70. The Morgan fingerprint density at radius 3 is 2.75 bits per heavy atom. The number of carboxylic acid groups (broad SMARTS) is 1. The second-order valence-corrected chi connectivity index (χ2v) is 5.73. The molecule has 1 aliphatic carbocycles. The molecule has 0 aromatic heterocycles. The van der Waals surface area contributed by atoms with Gasteiger partial charge in [0.1, 0.15) is 11.3 Å².